The number of pyridine rings is 1. The fourth-order valence-electron chi connectivity index (χ4n) is 5.72. The second kappa shape index (κ2) is 23.3. The third kappa shape index (κ3) is 13.4. The Morgan fingerprint density at radius 1 is 0.687 bits per heavy atom. The van der Waals surface area contributed by atoms with Crippen molar-refractivity contribution in [2.75, 3.05) is 21.7 Å². The van der Waals surface area contributed by atoms with Crippen molar-refractivity contribution in [3.8, 4) is 11.1 Å². The van der Waals surface area contributed by atoms with Crippen LogP contribution in [-0.4, -0.2) is 70.8 Å². The van der Waals surface area contributed by atoms with Gasteiger partial charge in [0.2, 0.25) is 17.7 Å². The SMILES string of the molecule is CCCC(=O)Nc1n[nH]c2c(F)c(Br)c(F)c(F)c12.CCCC(=O)Nc1n[nH]c2c(F)c(C(F)(F)F)ccc12.CCCC(=O)Nc1n[nH]c2cc(-c3ccc(N)nc3)ccc12.O=C(O)C(F)F. The standard InChI is InChI=1S/C16H17N5O.C12H11F4N3O.C11H9BrF3N3O.C2H2F2O2/c1-2-3-15(22)19-16-12-6-4-10(8-13(12)20-21-16)11-5-7-14(17)18-9-11;1-2-3-8(20)17-11-6-4-5-7(12(14,15)16)9(13)10(6)18-19-11;1-2-3-4(19)16-11-5-7(13)8(14)6(12)9(15)10(5)17-18-11;3-1(4)2(5)6/h4-9H,2-3H2,1H3,(H2,17,18)(H2,19,20,21,22);4-5H,2-3H2,1H3,(H2,17,18,19,20);2-3H2,1H3,(H2,16,17,18,19);1H,(H,5,6). The Hall–Kier alpha value is -7.25. The van der Waals surface area contributed by atoms with Crippen LogP contribution in [0, 0.1) is 23.3 Å². The van der Waals surface area contributed by atoms with Crippen molar-refractivity contribution >= 4 is 95.6 Å². The Morgan fingerprint density at radius 3 is 1.70 bits per heavy atom. The predicted molar refractivity (Wildman–Crippen MR) is 233 cm³/mol. The van der Waals surface area contributed by atoms with Crippen molar-refractivity contribution in [1.29, 1.82) is 0 Å². The molecule has 26 heteroatoms. The zero-order chi connectivity index (χ0) is 49.7. The number of aromatic nitrogens is 7. The van der Waals surface area contributed by atoms with Gasteiger partial charge in [0.1, 0.15) is 16.9 Å². The number of anilines is 4. The number of carboxylic acid groups (broad SMARTS) is 1. The molecule has 9 N–H and O–H groups in total. The number of hydrogen-bond acceptors (Lipinski definition) is 9. The zero-order valence-corrected chi connectivity index (χ0v) is 36.8. The molecule has 0 saturated heterocycles. The summed E-state index contributed by atoms with van der Waals surface area (Å²) < 4.78 is 113. The molecule has 0 spiro atoms. The molecule has 0 atom stereocenters. The number of nitrogen functional groups attached to an aromatic ring is 1. The van der Waals surface area contributed by atoms with E-state index in [1.165, 1.54) is 0 Å². The van der Waals surface area contributed by atoms with E-state index in [2.05, 4.69) is 67.5 Å². The van der Waals surface area contributed by atoms with Crippen LogP contribution in [0.25, 0.3) is 43.8 Å². The Kier molecular flexibility index (Phi) is 18.2. The van der Waals surface area contributed by atoms with Crippen molar-refractivity contribution < 1.29 is 63.8 Å². The van der Waals surface area contributed by atoms with E-state index in [0.717, 1.165) is 34.5 Å². The van der Waals surface area contributed by atoms with Gasteiger partial charge in [-0.3, -0.25) is 29.7 Å². The van der Waals surface area contributed by atoms with Crippen LogP contribution < -0.4 is 21.7 Å². The van der Waals surface area contributed by atoms with Gasteiger partial charge in [-0.1, -0.05) is 26.8 Å². The summed E-state index contributed by atoms with van der Waals surface area (Å²) >= 11 is 2.61. The van der Waals surface area contributed by atoms with Gasteiger partial charge in [-0.2, -0.15) is 37.2 Å². The average Bonchev–Trinajstić information content (AvgIpc) is 4.00. The van der Waals surface area contributed by atoms with Crippen molar-refractivity contribution in [3.63, 3.8) is 0 Å². The first-order valence-corrected chi connectivity index (χ1v) is 20.5. The van der Waals surface area contributed by atoms with Crippen LogP contribution in [0.4, 0.5) is 62.8 Å². The molecule has 0 unspecified atom stereocenters. The number of nitrogens with two attached hydrogens (primary N) is 1. The first kappa shape index (κ1) is 52.4. The molecule has 358 valence electrons. The number of carbonyl (C=O) groups is 4. The third-order valence-electron chi connectivity index (χ3n) is 8.84. The molecule has 0 fully saturated rings. The number of amides is 3. The minimum Gasteiger partial charge on any atom is -0.477 e. The molecule has 7 rings (SSSR count). The van der Waals surface area contributed by atoms with Gasteiger partial charge in [0.05, 0.1) is 20.9 Å². The normalized spacial score (nSPS) is 11.0. The summed E-state index contributed by atoms with van der Waals surface area (Å²) in [4.78, 5) is 47.6. The van der Waals surface area contributed by atoms with E-state index in [-0.39, 0.29) is 52.7 Å². The van der Waals surface area contributed by atoms with Crippen molar-refractivity contribution in [2.45, 2.75) is 71.9 Å². The molecule has 4 heterocycles. The molecule has 16 nitrogen and oxygen atoms in total. The van der Waals surface area contributed by atoms with E-state index in [1.54, 1.807) is 26.1 Å². The van der Waals surface area contributed by atoms with Gasteiger partial charge in [-0.25, -0.2) is 27.3 Å². The smallest absolute Gasteiger partial charge is 0.419 e. The highest BCUT2D eigenvalue weighted by atomic mass is 79.9. The van der Waals surface area contributed by atoms with E-state index >= 15 is 0 Å². The largest absolute Gasteiger partial charge is 0.477 e. The topological polar surface area (TPSA) is 250 Å². The molecular formula is C41H39BrF9N11O5. The molecule has 0 radical (unpaired) electrons. The van der Waals surface area contributed by atoms with E-state index in [9.17, 15) is 53.9 Å². The summed E-state index contributed by atoms with van der Waals surface area (Å²) in [5.74, 6) is -7.06. The van der Waals surface area contributed by atoms with Crippen LogP contribution in [0.2, 0.25) is 0 Å². The summed E-state index contributed by atoms with van der Waals surface area (Å²) in [6.07, 6.45) is -3.33. The fraction of sp³-hybridized carbons (Fsp3) is 0.268. The number of carbonyl (C=O) groups excluding carboxylic acids is 3. The lowest BCUT2D eigenvalue weighted by molar-refractivity contribution is -0.149. The van der Waals surface area contributed by atoms with E-state index in [0.29, 0.717) is 37.0 Å². The molecule has 3 amide bonds. The number of carboxylic acids is 1. The number of H-pyrrole nitrogens is 3. The molecule has 0 aliphatic heterocycles. The first-order valence-electron chi connectivity index (χ1n) is 19.7. The lowest BCUT2D eigenvalue weighted by Gasteiger charge is -2.08. The Labute approximate surface area is 380 Å². The minimum atomic E-state index is -4.78. The molecular weight excluding hydrogens is 977 g/mol. The zero-order valence-electron chi connectivity index (χ0n) is 35.2. The van der Waals surface area contributed by atoms with Crippen LogP contribution in [0.3, 0.4) is 0 Å². The highest BCUT2D eigenvalue weighted by Gasteiger charge is 2.35. The van der Waals surface area contributed by atoms with Gasteiger partial charge in [0, 0.05) is 41.8 Å². The lowest BCUT2D eigenvalue weighted by atomic mass is 10.1. The molecule has 4 aromatic heterocycles. The molecule has 67 heavy (non-hydrogen) atoms. The van der Waals surface area contributed by atoms with Crippen LogP contribution in [0.15, 0.2) is 53.1 Å². The van der Waals surface area contributed by atoms with Gasteiger partial charge >= 0.3 is 18.6 Å². The van der Waals surface area contributed by atoms with Gasteiger partial charge in [0.15, 0.2) is 40.7 Å². The lowest BCUT2D eigenvalue weighted by Crippen LogP contribution is -2.11. The third-order valence-corrected chi connectivity index (χ3v) is 9.54. The minimum absolute atomic E-state index is 0.0195. The first-order chi connectivity index (χ1) is 31.6. The maximum Gasteiger partial charge on any atom is 0.419 e. The van der Waals surface area contributed by atoms with Crippen LogP contribution in [0.1, 0.15) is 64.9 Å². The monoisotopic (exact) mass is 1020 g/mol. The maximum absolute atomic E-state index is 13.8. The number of nitrogens with one attached hydrogen (secondary N) is 6. The number of nitrogens with zero attached hydrogens (tertiary/aromatic N) is 4. The van der Waals surface area contributed by atoms with Crippen molar-refractivity contribution in [3.05, 3.63) is 82.0 Å². The molecule has 0 bridgehead atoms. The van der Waals surface area contributed by atoms with E-state index in [4.69, 9.17) is 15.6 Å². The Morgan fingerprint density at radius 2 is 1.18 bits per heavy atom. The summed E-state index contributed by atoms with van der Waals surface area (Å²) in [5, 5.41) is 34.1. The Balaban J connectivity index is 0.000000207. The summed E-state index contributed by atoms with van der Waals surface area (Å²) in [6, 6.07) is 11.3. The average molecular weight is 1020 g/mol. The van der Waals surface area contributed by atoms with Crippen LogP contribution in [0.5, 0.6) is 0 Å². The van der Waals surface area contributed by atoms with Gasteiger partial charge in [-0.05, 0) is 77.2 Å². The molecule has 0 aliphatic carbocycles. The number of halogens is 10. The second-order valence-corrected chi connectivity index (χ2v) is 14.6. The molecule has 7 aromatic rings. The number of rotatable bonds is 11. The molecule has 0 aliphatic rings. The quantitative estimate of drug-likeness (QED) is 0.0346. The van der Waals surface area contributed by atoms with Crippen molar-refractivity contribution in [1.82, 2.24) is 35.6 Å². The van der Waals surface area contributed by atoms with Gasteiger partial charge in [0.25, 0.3) is 0 Å². The van der Waals surface area contributed by atoms with E-state index in [1.807, 2.05) is 31.2 Å². The summed E-state index contributed by atoms with van der Waals surface area (Å²) in [6.45, 7) is 5.56. The molecule has 0 saturated carbocycles. The fourth-order valence-corrected chi connectivity index (χ4v) is 6.09. The molecule has 3 aromatic carbocycles. The highest BCUT2D eigenvalue weighted by Crippen LogP contribution is 2.36. The maximum atomic E-state index is 13.8. The van der Waals surface area contributed by atoms with Gasteiger partial charge in [-0.15, -0.1) is 0 Å². The second-order valence-electron chi connectivity index (χ2n) is 13.8. The van der Waals surface area contributed by atoms with Crippen LogP contribution >= 0.6 is 15.9 Å². The predicted octanol–water partition coefficient (Wildman–Crippen LogP) is 10.2. The number of fused-ring (bicyclic) bond motifs is 3. The Bertz CT molecular complexity index is 2870. The van der Waals surface area contributed by atoms with E-state index < -0.39 is 63.2 Å². The number of alkyl halides is 5. The summed E-state index contributed by atoms with van der Waals surface area (Å²) in [7, 11) is 0. The number of aliphatic carboxylic acids is 1. The van der Waals surface area contributed by atoms with Gasteiger partial charge < -0.3 is 26.8 Å². The van der Waals surface area contributed by atoms with Crippen molar-refractivity contribution in [2.24, 2.45) is 0 Å². The number of aromatic amines is 3. The number of benzene rings is 3. The summed E-state index contributed by atoms with van der Waals surface area (Å²) in [5.41, 5.74) is 6.38. The highest BCUT2D eigenvalue weighted by molar-refractivity contribution is 9.10. The van der Waals surface area contributed by atoms with Crippen LogP contribution in [-0.2, 0) is 25.4 Å². The number of hydrogen-bond donors (Lipinski definition) is 8.